The molecular formula is C14H14ClN3O3S. The standard InChI is InChI=1S/C14H14ClN3O3S/c15-22(20,21)9-11-7-14(19)18(8-11)13-4-2-1-3-12(13)17-6-5-16-10-17/h1-6,10-11H,7-9H2. The van der Waals surface area contributed by atoms with E-state index in [0.29, 0.717) is 6.54 Å². The lowest BCUT2D eigenvalue weighted by atomic mass is 10.1. The van der Waals surface area contributed by atoms with E-state index >= 15 is 0 Å². The third kappa shape index (κ3) is 3.15. The van der Waals surface area contributed by atoms with Crippen LogP contribution in [0.25, 0.3) is 5.69 Å². The molecular weight excluding hydrogens is 326 g/mol. The van der Waals surface area contributed by atoms with Crippen LogP contribution in [0, 0.1) is 5.92 Å². The summed E-state index contributed by atoms with van der Waals surface area (Å²) in [6.45, 7) is 0.344. The number of carbonyl (C=O) groups is 1. The normalized spacial score (nSPS) is 18.9. The van der Waals surface area contributed by atoms with Crippen LogP contribution >= 0.6 is 10.7 Å². The van der Waals surface area contributed by atoms with Crippen molar-refractivity contribution in [3.63, 3.8) is 0 Å². The molecule has 1 aromatic heterocycles. The Morgan fingerprint density at radius 3 is 2.64 bits per heavy atom. The third-order valence-electron chi connectivity index (χ3n) is 3.60. The molecule has 2 aromatic rings. The van der Waals surface area contributed by atoms with E-state index in [-0.39, 0.29) is 24.0 Å². The Morgan fingerprint density at radius 1 is 1.27 bits per heavy atom. The number of hydrogen-bond acceptors (Lipinski definition) is 4. The highest BCUT2D eigenvalue weighted by Gasteiger charge is 2.34. The molecule has 1 aliphatic heterocycles. The second-order valence-corrected chi connectivity index (χ2v) is 8.06. The molecule has 1 fully saturated rings. The molecule has 0 aliphatic carbocycles. The van der Waals surface area contributed by atoms with E-state index in [1.807, 2.05) is 28.8 Å². The second-order valence-electron chi connectivity index (χ2n) is 5.24. The third-order valence-corrected chi connectivity index (χ3v) is 4.84. The van der Waals surface area contributed by atoms with Crippen LogP contribution in [0.5, 0.6) is 0 Å². The van der Waals surface area contributed by atoms with Crippen LogP contribution in [0.1, 0.15) is 6.42 Å². The quantitative estimate of drug-likeness (QED) is 0.796. The second kappa shape index (κ2) is 5.73. The van der Waals surface area contributed by atoms with E-state index < -0.39 is 9.05 Å². The number of anilines is 1. The summed E-state index contributed by atoms with van der Waals surface area (Å²) in [4.78, 5) is 17.9. The predicted octanol–water partition coefficient (Wildman–Crippen LogP) is 1.79. The van der Waals surface area contributed by atoms with E-state index in [2.05, 4.69) is 4.98 Å². The number of benzene rings is 1. The van der Waals surface area contributed by atoms with Crippen molar-refractivity contribution in [2.75, 3.05) is 17.2 Å². The van der Waals surface area contributed by atoms with Crippen LogP contribution in [0.15, 0.2) is 43.0 Å². The van der Waals surface area contributed by atoms with Crippen molar-refractivity contribution in [2.45, 2.75) is 6.42 Å². The smallest absolute Gasteiger partial charge is 0.232 e. The highest BCUT2D eigenvalue weighted by atomic mass is 35.7. The first-order valence-corrected chi connectivity index (χ1v) is 9.22. The zero-order chi connectivity index (χ0) is 15.7. The van der Waals surface area contributed by atoms with Gasteiger partial charge in [0.15, 0.2) is 0 Å². The first-order valence-electron chi connectivity index (χ1n) is 6.74. The number of hydrogen-bond donors (Lipinski definition) is 0. The SMILES string of the molecule is O=C1CC(CS(=O)(=O)Cl)CN1c1ccccc1-n1ccnc1. The van der Waals surface area contributed by atoms with Crippen LogP contribution in [0.3, 0.4) is 0 Å². The van der Waals surface area contributed by atoms with Crippen molar-refractivity contribution in [2.24, 2.45) is 5.92 Å². The summed E-state index contributed by atoms with van der Waals surface area (Å²) >= 11 is 0. The molecule has 1 saturated heterocycles. The summed E-state index contributed by atoms with van der Waals surface area (Å²) < 4.78 is 24.2. The summed E-state index contributed by atoms with van der Waals surface area (Å²) in [7, 11) is 1.69. The molecule has 22 heavy (non-hydrogen) atoms. The summed E-state index contributed by atoms with van der Waals surface area (Å²) in [5.41, 5.74) is 1.56. The van der Waals surface area contributed by atoms with Gasteiger partial charge < -0.3 is 9.47 Å². The molecule has 0 spiro atoms. The maximum atomic E-state index is 12.3. The summed E-state index contributed by atoms with van der Waals surface area (Å²) in [5.74, 6) is -0.576. The molecule has 6 nitrogen and oxygen atoms in total. The largest absolute Gasteiger partial charge is 0.310 e. The van der Waals surface area contributed by atoms with Gasteiger partial charge in [-0.2, -0.15) is 0 Å². The number of rotatable bonds is 4. The van der Waals surface area contributed by atoms with Gasteiger partial charge in [0, 0.05) is 42.0 Å². The monoisotopic (exact) mass is 339 g/mol. The van der Waals surface area contributed by atoms with Gasteiger partial charge >= 0.3 is 0 Å². The Balaban J connectivity index is 1.91. The van der Waals surface area contributed by atoms with Gasteiger partial charge in [-0.15, -0.1) is 0 Å². The molecule has 1 aliphatic rings. The van der Waals surface area contributed by atoms with Gasteiger partial charge in [0.25, 0.3) is 0 Å². The minimum Gasteiger partial charge on any atom is -0.310 e. The van der Waals surface area contributed by atoms with Crippen LogP contribution in [0.2, 0.25) is 0 Å². The average molecular weight is 340 g/mol. The Labute approximate surface area is 132 Å². The van der Waals surface area contributed by atoms with E-state index in [1.165, 1.54) is 0 Å². The van der Waals surface area contributed by atoms with Gasteiger partial charge in [-0.05, 0) is 12.1 Å². The molecule has 2 heterocycles. The number of halogens is 1. The minimum absolute atomic E-state index is 0.0992. The van der Waals surface area contributed by atoms with Crippen LogP contribution < -0.4 is 4.90 Å². The average Bonchev–Trinajstić information content (AvgIpc) is 3.07. The lowest BCUT2D eigenvalue weighted by Crippen LogP contribution is -2.26. The molecule has 0 radical (unpaired) electrons. The number of imidazole rings is 1. The van der Waals surface area contributed by atoms with E-state index in [1.54, 1.807) is 23.6 Å². The van der Waals surface area contributed by atoms with Crippen molar-refractivity contribution in [3.8, 4) is 5.69 Å². The van der Waals surface area contributed by atoms with Crippen LogP contribution in [-0.2, 0) is 13.8 Å². The Morgan fingerprint density at radius 2 is 2.00 bits per heavy atom. The predicted molar refractivity (Wildman–Crippen MR) is 83.7 cm³/mol. The zero-order valence-electron chi connectivity index (χ0n) is 11.6. The fourth-order valence-electron chi connectivity index (χ4n) is 2.72. The van der Waals surface area contributed by atoms with Gasteiger partial charge in [-0.25, -0.2) is 13.4 Å². The van der Waals surface area contributed by atoms with Crippen molar-refractivity contribution in [1.82, 2.24) is 9.55 Å². The number of para-hydroxylation sites is 2. The molecule has 3 rings (SSSR count). The maximum Gasteiger partial charge on any atom is 0.232 e. The molecule has 1 amide bonds. The minimum atomic E-state index is -3.61. The van der Waals surface area contributed by atoms with Crippen molar-refractivity contribution < 1.29 is 13.2 Å². The van der Waals surface area contributed by atoms with Gasteiger partial charge in [0.1, 0.15) is 0 Å². The van der Waals surface area contributed by atoms with Crippen molar-refractivity contribution >= 4 is 31.3 Å². The van der Waals surface area contributed by atoms with Crippen LogP contribution in [0.4, 0.5) is 5.69 Å². The zero-order valence-corrected chi connectivity index (χ0v) is 13.2. The number of nitrogens with zero attached hydrogens (tertiary/aromatic N) is 3. The molecule has 116 valence electrons. The van der Waals surface area contributed by atoms with Gasteiger partial charge in [0.2, 0.25) is 15.0 Å². The topological polar surface area (TPSA) is 72.3 Å². The lowest BCUT2D eigenvalue weighted by Gasteiger charge is -2.20. The van der Waals surface area contributed by atoms with Crippen molar-refractivity contribution in [1.29, 1.82) is 0 Å². The first kappa shape index (κ1) is 15.1. The molecule has 0 N–H and O–H groups in total. The first-order chi connectivity index (χ1) is 10.4. The number of aromatic nitrogens is 2. The fourth-order valence-corrected chi connectivity index (χ4v) is 4.04. The summed E-state index contributed by atoms with van der Waals surface area (Å²) in [6, 6.07) is 7.44. The van der Waals surface area contributed by atoms with Gasteiger partial charge in [0.05, 0.1) is 23.5 Å². The van der Waals surface area contributed by atoms with E-state index in [0.717, 1.165) is 11.4 Å². The van der Waals surface area contributed by atoms with Gasteiger partial charge in [-0.3, -0.25) is 4.79 Å². The number of carbonyl (C=O) groups excluding carboxylic acids is 1. The Kier molecular flexibility index (Phi) is 3.92. The molecule has 1 atom stereocenters. The molecule has 0 saturated carbocycles. The molecule has 1 unspecified atom stereocenters. The van der Waals surface area contributed by atoms with Gasteiger partial charge in [-0.1, -0.05) is 12.1 Å². The Bertz CT molecular complexity index is 789. The molecule has 1 aromatic carbocycles. The highest BCUT2D eigenvalue weighted by Crippen LogP contribution is 2.31. The van der Waals surface area contributed by atoms with Crippen LogP contribution in [-0.4, -0.2) is 36.2 Å². The highest BCUT2D eigenvalue weighted by molar-refractivity contribution is 8.13. The van der Waals surface area contributed by atoms with E-state index in [9.17, 15) is 13.2 Å². The lowest BCUT2D eigenvalue weighted by molar-refractivity contribution is -0.117. The summed E-state index contributed by atoms with van der Waals surface area (Å²) in [6.07, 6.45) is 5.29. The Hall–Kier alpha value is -1.86. The molecule has 0 bridgehead atoms. The molecule has 8 heteroatoms. The fraction of sp³-hybridized carbons (Fsp3) is 0.286. The number of amides is 1. The van der Waals surface area contributed by atoms with Crippen molar-refractivity contribution in [3.05, 3.63) is 43.0 Å². The summed E-state index contributed by atoms with van der Waals surface area (Å²) in [5, 5.41) is 0. The van der Waals surface area contributed by atoms with E-state index in [4.69, 9.17) is 10.7 Å². The maximum absolute atomic E-state index is 12.3.